The normalized spacial score (nSPS) is 19.0. The number of hydrogen-bond acceptors (Lipinski definition) is 4. The van der Waals surface area contributed by atoms with Gasteiger partial charge in [-0.15, -0.1) is 0 Å². The Labute approximate surface area is 125 Å². The van der Waals surface area contributed by atoms with E-state index in [4.69, 9.17) is 0 Å². The lowest BCUT2D eigenvalue weighted by molar-refractivity contribution is 0.0941. The van der Waals surface area contributed by atoms with Gasteiger partial charge in [0.05, 0.1) is 0 Å². The Morgan fingerprint density at radius 3 is 3.05 bits per heavy atom. The Morgan fingerprint density at radius 2 is 2.24 bits per heavy atom. The highest BCUT2D eigenvalue weighted by Gasteiger charge is 2.22. The van der Waals surface area contributed by atoms with E-state index in [-0.39, 0.29) is 5.91 Å². The molecule has 6 heteroatoms. The smallest absolute Gasteiger partial charge is 0.272 e. The molecule has 1 aromatic rings. The number of nitrogens with one attached hydrogen (secondary N) is 3. The van der Waals surface area contributed by atoms with E-state index in [9.17, 15) is 4.79 Å². The van der Waals surface area contributed by atoms with E-state index in [1.54, 1.807) is 0 Å². The average Bonchev–Trinajstić information content (AvgIpc) is 3.16. The van der Waals surface area contributed by atoms with Gasteiger partial charge in [-0.2, -0.15) is 5.10 Å². The Bertz CT molecular complexity index is 492. The molecule has 1 aliphatic carbocycles. The molecule has 1 fully saturated rings. The molecule has 116 valence electrons. The number of aromatic amines is 1. The van der Waals surface area contributed by atoms with Crippen molar-refractivity contribution >= 4 is 5.91 Å². The third-order valence-corrected chi connectivity index (χ3v) is 4.72. The Balaban J connectivity index is 1.49. The monoisotopic (exact) mass is 291 g/mol. The summed E-state index contributed by atoms with van der Waals surface area (Å²) in [5.41, 5.74) is 2.69. The van der Waals surface area contributed by atoms with E-state index in [0.29, 0.717) is 18.3 Å². The van der Waals surface area contributed by atoms with Crippen LogP contribution in [0.15, 0.2) is 0 Å². The van der Waals surface area contributed by atoms with E-state index < -0.39 is 0 Å². The van der Waals surface area contributed by atoms with Crippen LogP contribution >= 0.6 is 0 Å². The van der Waals surface area contributed by atoms with E-state index in [0.717, 1.165) is 37.3 Å². The summed E-state index contributed by atoms with van der Waals surface area (Å²) in [6.45, 7) is 3.27. The fourth-order valence-corrected chi connectivity index (χ4v) is 3.37. The minimum Gasteiger partial charge on any atom is -0.349 e. The zero-order valence-corrected chi connectivity index (χ0v) is 12.7. The lowest BCUT2D eigenvalue weighted by atomic mass is 10.1. The number of amides is 1. The lowest BCUT2D eigenvalue weighted by Crippen LogP contribution is -2.38. The van der Waals surface area contributed by atoms with Gasteiger partial charge in [0.25, 0.3) is 5.91 Å². The summed E-state index contributed by atoms with van der Waals surface area (Å²) in [6.07, 6.45) is 6.19. The molecule has 2 heterocycles. The Kier molecular flexibility index (Phi) is 4.55. The number of likely N-dealkylation sites (N-methyl/N-ethyl adjacent to an activating group) is 1. The zero-order chi connectivity index (χ0) is 14.7. The van der Waals surface area contributed by atoms with Crippen molar-refractivity contribution in [2.45, 2.75) is 44.7 Å². The summed E-state index contributed by atoms with van der Waals surface area (Å²) in [6, 6.07) is 0.698. The van der Waals surface area contributed by atoms with Crippen LogP contribution in [0, 0.1) is 0 Å². The number of carbonyl (C=O) groups is 1. The fraction of sp³-hybridized carbons (Fsp3) is 0.733. The molecule has 21 heavy (non-hydrogen) atoms. The first-order valence-electron chi connectivity index (χ1n) is 8.01. The van der Waals surface area contributed by atoms with Crippen LogP contribution in [-0.2, 0) is 13.0 Å². The van der Waals surface area contributed by atoms with Crippen LogP contribution in [0.3, 0.4) is 0 Å². The second kappa shape index (κ2) is 6.58. The molecule has 1 aromatic heterocycles. The molecule has 1 amide bonds. The molecule has 2 aliphatic rings. The Morgan fingerprint density at radius 1 is 1.43 bits per heavy atom. The molecule has 0 saturated heterocycles. The summed E-state index contributed by atoms with van der Waals surface area (Å²) in [4.78, 5) is 14.6. The number of rotatable bonds is 5. The van der Waals surface area contributed by atoms with Gasteiger partial charge >= 0.3 is 0 Å². The largest absolute Gasteiger partial charge is 0.349 e. The maximum Gasteiger partial charge on any atom is 0.272 e. The van der Waals surface area contributed by atoms with Crippen molar-refractivity contribution < 1.29 is 4.79 Å². The number of H-pyrrole nitrogens is 1. The number of nitrogens with zero attached hydrogens (tertiary/aromatic N) is 2. The SMILES string of the molecule is CN(CCNC(=O)c1n[nH]c2c1CNCC2)C1CCCC1. The summed E-state index contributed by atoms with van der Waals surface area (Å²) in [7, 11) is 2.16. The second-order valence-electron chi connectivity index (χ2n) is 6.13. The van der Waals surface area contributed by atoms with E-state index in [2.05, 4.69) is 32.8 Å². The van der Waals surface area contributed by atoms with E-state index >= 15 is 0 Å². The van der Waals surface area contributed by atoms with Crippen LogP contribution < -0.4 is 10.6 Å². The van der Waals surface area contributed by atoms with Gasteiger partial charge in [-0.1, -0.05) is 12.8 Å². The molecule has 0 atom stereocenters. The van der Waals surface area contributed by atoms with Gasteiger partial charge in [-0.3, -0.25) is 9.89 Å². The van der Waals surface area contributed by atoms with Gasteiger partial charge < -0.3 is 15.5 Å². The summed E-state index contributed by atoms with van der Waals surface area (Å²) >= 11 is 0. The number of hydrogen-bond donors (Lipinski definition) is 3. The zero-order valence-electron chi connectivity index (χ0n) is 12.7. The first-order chi connectivity index (χ1) is 10.3. The summed E-state index contributed by atoms with van der Waals surface area (Å²) < 4.78 is 0. The topological polar surface area (TPSA) is 73.0 Å². The van der Waals surface area contributed by atoms with Gasteiger partial charge in [-0.05, 0) is 19.9 Å². The van der Waals surface area contributed by atoms with Crippen molar-refractivity contribution in [3.63, 3.8) is 0 Å². The maximum absolute atomic E-state index is 12.2. The highest BCUT2D eigenvalue weighted by molar-refractivity contribution is 5.94. The van der Waals surface area contributed by atoms with E-state index in [1.807, 2.05) is 0 Å². The first kappa shape index (κ1) is 14.5. The van der Waals surface area contributed by atoms with Crippen LogP contribution in [-0.4, -0.2) is 53.7 Å². The highest BCUT2D eigenvalue weighted by atomic mass is 16.1. The molecule has 1 aliphatic heterocycles. The Hall–Kier alpha value is -1.40. The average molecular weight is 291 g/mol. The molecular formula is C15H25N5O. The molecule has 3 rings (SSSR count). The molecule has 0 unspecified atom stereocenters. The van der Waals surface area contributed by atoms with Crippen LogP contribution in [0.25, 0.3) is 0 Å². The highest BCUT2D eigenvalue weighted by Crippen LogP contribution is 2.21. The molecule has 0 aromatic carbocycles. The van der Waals surface area contributed by atoms with Gasteiger partial charge in [0.1, 0.15) is 0 Å². The van der Waals surface area contributed by atoms with Gasteiger partial charge in [0.2, 0.25) is 0 Å². The van der Waals surface area contributed by atoms with E-state index in [1.165, 1.54) is 25.7 Å². The predicted octanol–water partition coefficient (Wildman–Crippen LogP) is 0.660. The van der Waals surface area contributed by atoms with Crippen molar-refractivity contribution in [3.05, 3.63) is 17.0 Å². The molecule has 0 bridgehead atoms. The predicted molar refractivity (Wildman–Crippen MR) is 81.2 cm³/mol. The number of carbonyl (C=O) groups excluding carboxylic acids is 1. The number of aromatic nitrogens is 2. The first-order valence-corrected chi connectivity index (χ1v) is 8.01. The van der Waals surface area contributed by atoms with Crippen molar-refractivity contribution in [2.75, 3.05) is 26.7 Å². The summed E-state index contributed by atoms with van der Waals surface area (Å²) in [5.74, 6) is -0.0592. The van der Waals surface area contributed by atoms with Crippen molar-refractivity contribution in [3.8, 4) is 0 Å². The minimum absolute atomic E-state index is 0.0592. The third kappa shape index (κ3) is 3.27. The van der Waals surface area contributed by atoms with Crippen LogP contribution in [0.5, 0.6) is 0 Å². The summed E-state index contributed by atoms with van der Waals surface area (Å²) in [5, 5.41) is 13.5. The molecular weight excluding hydrogens is 266 g/mol. The second-order valence-corrected chi connectivity index (χ2v) is 6.13. The van der Waals surface area contributed by atoms with Gasteiger partial charge in [-0.25, -0.2) is 0 Å². The van der Waals surface area contributed by atoms with Gasteiger partial charge in [0, 0.05) is 49.9 Å². The minimum atomic E-state index is -0.0592. The van der Waals surface area contributed by atoms with Gasteiger partial charge in [0.15, 0.2) is 5.69 Å². The quantitative estimate of drug-likeness (QED) is 0.745. The fourth-order valence-electron chi connectivity index (χ4n) is 3.37. The van der Waals surface area contributed by atoms with Crippen LogP contribution in [0.4, 0.5) is 0 Å². The maximum atomic E-state index is 12.2. The molecule has 1 saturated carbocycles. The van der Waals surface area contributed by atoms with Crippen LogP contribution in [0.1, 0.15) is 47.4 Å². The van der Waals surface area contributed by atoms with Crippen molar-refractivity contribution in [2.24, 2.45) is 0 Å². The molecule has 0 spiro atoms. The van der Waals surface area contributed by atoms with Crippen molar-refractivity contribution in [1.29, 1.82) is 0 Å². The number of fused-ring (bicyclic) bond motifs is 1. The third-order valence-electron chi connectivity index (χ3n) is 4.72. The lowest BCUT2D eigenvalue weighted by Gasteiger charge is -2.23. The molecule has 6 nitrogen and oxygen atoms in total. The van der Waals surface area contributed by atoms with Crippen LogP contribution in [0.2, 0.25) is 0 Å². The molecule has 3 N–H and O–H groups in total. The molecule has 0 radical (unpaired) electrons. The van der Waals surface area contributed by atoms with Crippen molar-refractivity contribution in [1.82, 2.24) is 25.7 Å². The standard InChI is InChI=1S/C15H25N5O/c1-20(11-4-2-3-5-11)9-8-17-15(21)14-12-10-16-7-6-13(12)18-19-14/h11,16H,2-10H2,1H3,(H,17,21)(H,18,19).